The molecule has 1 heterocycles. The molecule has 1 atom stereocenters. The van der Waals surface area contributed by atoms with Gasteiger partial charge in [-0.05, 0) is 50.3 Å². The summed E-state index contributed by atoms with van der Waals surface area (Å²) in [6.45, 7) is 4.58. The minimum Gasteiger partial charge on any atom is -0.339 e. The Morgan fingerprint density at radius 3 is 2.61 bits per heavy atom. The van der Waals surface area contributed by atoms with Gasteiger partial charge >= 0.3 is 0 Å². The molecule has 0 saturated carbocycles. The molecule has 1 saturated heterocycles. The lowest BCUT2D eigenvalue weighted by atomic mass is 10.0. The van der Waals surface area contributed by atoms with Crippen LogP contribution in [0.5, 0.6) is 0 Å². The van der Waals surface area contributed by atoms with E-state index in [0.29, 0.717) is 5.56 Å². The van der Waals surface area contributed by atoms with E-state index in [0.717, 1.165) is 31.4 Å². The van der Waals surface area contributed by atoms with Gasteiger partial charge in [-0.15, -0.1) is 0 Å². The van der Waals surface area contributed by atoms with Crippen molar-refractivity contribution in [1.29, 1.82) is 0 Å². The summed E-state index contributed by atoms with van der Waals surface area (Å²) in [7, 11) is -3.61. The first-order valence-corrected chi connectivity index (χ1v) is 11.3. The number of carbonyl (C=O) groups excluding carboxylic acids is 1. The Labute approximate surface area is 167 Å². The zero-order valence-corrected chi connectivity index (χ0v) is 17.3. The SMILES string of the molecule is Cc1ccc(S(=O)(=O)NCCC(=O)N2CCCC2Cc2ccccc2)c(C)c1. The molecule has 1 unspecified atom stereocenters. The van der Waals surface area contributed by atoms with E-state index >= 15 is 0 Å². The first-order chi connectivity index (χ1) is 13.4. The minimum absolute atomic E-state index is 0.0155. The van der Waals surface area contributed by atoms with Crippen LogP contribution in [0.4, 0.5) is 0 Å². The van der Waals surface area contributed by atoms with E-state index in [4.69, 9.17) is 0 Å². The second-order valence-corrected chi connectivity index (χ2v) is 9.23. The van der Waals surface area contributed by atoms with Gasteiger partial charge in [0, 0.05) is 25.6 Å². The summed E-state index contributed by atoms with van der Waals surface area (Å²) in [6, 6.07) is 15.6. The van der Waals surface area contributed by atoms with Gasteiger partial charge in [0.2, 0.25) is 15.9 Å². The van der Waals surface area contributed by atoms with Crippen molar-refractivity contribution in [2.45, 2.75) is 50.5 Å². The Balaban J connectivity index is 1.56. The van der Waals surface area contributed by atoms with E-state index in [1.807, 2.05) is 36.1 Å². The standard InChI is InChI=1S/C22H28N2O3S/c1-17-10-11-21(18(2)15-17)28(26,27)23-13-12-22(25)24-14-6-9-20(24)16-19-7-4-3-5-8-19/h3-5,7-8,10-11,15,20,23H,6,9,12-14,16H2,1-2H3. The molecule has 150 valence electrons. The maximum atomic E-state index is 12.7. The van der Waals surface area contributed by atoms with E-state index in [1.54, 1.807) is 19.1 Å². The Kier molecular flexibility index (Phi) is 6.52. The summed E-state index contributed by atoms with van der Waals surface area (Å²) in [5, 5.41) is 0. The molecule has 2 aromatic rings. The molecule has 5 nitrogen and oxygen atoms in total. The fourth-order valence-corrected chi connectivity index (χ4v) is 5.13. The molecule has 0 radical (unpaired) electrons. The van der Waals surface area contributed by atoms with Gasteiger partial charge in [-0.3, -0.25) is 4.79 Å². The van der Waals surface area contributed by atoms with Crippen LogP contribution in [0, 0.1) is 13.8 Å². The van der Waals surface area contributed by atoms with Crippen molar-refractivity contribution < 1.29 is 13.2 Å². The molecule has 1 amide bonds. The van der Waals surface area contributed by atoms with Crippen LogP contribution in [0.2, 0.25) is 0 Å². The molecular formula is C22H28N2O3S. The van der Waals surface area contributed by atoms with E-state index in [2.05, 4.69) is 16.9 Å². The minimum atomic E-state index is -3.61. The van der Waals surface area contributed by atoms with Gasteiger partial charge in [0.25, 0.3) is 0 Å². The Morgan fingerprint density at radius 2 is 1.89 bits per heavy atom. The van der Waals surface area contributed by atoms with Crippen molar-refractivity contribution in [1.82, 2.24) is 9.62 Å². The van der Waals surface area contributed by atoms with Crippen molar-refractivity contribution in [2.75, 3.05) is 13.1 Å². The first-order valence-electron chi connectivity index (χ1n) is 9.77. The molecule has 0 spiro atoms. The summed E-state index contributed by atoms with van der Waals surface area (Å²) in [4.78, 5) is 14.9. The third-order valence-corrected chi connectivity index (χ3v) is 6.88. The summed E-state index contributed by atoms with van der Waals surface area (Å²) in [6.07, 6.45) is 3.02. The normalized spacial score (nSPS) is 17.1. The molecule has 1 aliphatic heterocycles. The number of amides is 1. The number of likely N-dealkylation sites (tertiary alicyclic amines) is 1. The fourth-order valence-electron chi connectivity index (χ4n) is 3.88. The molecule has 2 aromatic carbocycles. The van der Waals surface area contributed by atoms with Gasteiger partial charge in [-0.25, -0.2) is 13.1 Å². The molecular weight excluding hydrogens is 372 g/mol. The number of hydrogen-bond acceptors (Lipinski definition) is 3. The highest BCUT2D eigenvalue weighted by Gasteiger charge is 2.28. The van der Waals surface area contributed by atoms with Crippen molar-refractivity contribution in [2.24, 2.45) is 0 Å². The molecule has 1 N–H and O–H groups in total. The molecule has 0 bridgehead atoms. The Hall–Kier alpha value is -2.18. The van der Waals surface area contributed by atoms with Crippen LogP contribution in [0.1, 0.15) is 36.0 Å². The van der Waals surface area contributed by atoms with Crippen LogP contribution >= 0.6 is 0 Å². The molecule has 3 rings (SSSR count). The number of sulfonamides is 1. The van der Waals surface area contributed by atoms with Gasteiger partial charge < -0.3 is 4.90 Å². The van der Waals surface area contributed by atoms with Crippen molar-refractivity contribution in [3.63, 3.8) is 0 Å². The van der Waals surface area contributed by atoms with Gasteiger partial charge in [-0.2, -0.15) is 0 Å². The van der Waals surface area contributed by atoms with E-state index in [-0.39, 0.29) is 29.8 Å². The number of hydrogen-bond donors (Lipinski definition) is 1. The number of benzene rings is 2. The molecule has 28 heavy (non-hydrogen) atoms. The molecule has 0 aliphatic carbocycles. The van der Waals surface area contributed by atoms with Crippen molar-refractivity contribution in [3.8, 4) is 0 Å². The first kappa shape index (κ1) is 20.6. The van der Waals surface area contributed by atoms with Crippen LogP contribution in [0.15, 0.2) is 53.4 Å². The number of nitrogens with one attached hydrogen (secondary N) is 1. The van der Waals surface area contributed by atoms with Gasteiger partial charge in [0.05, 0.1) is 4.90 Å². The van der Waals surface area contributed by atoms with E-state index in [9.17, 15) is 13.2 Å². The number of nitrogens with zero attached hydrogens (tertiary/aromatic N) is 1. The highest BCUT2D eigenvalue weighted by molar-refractivity contribution is 7.89. The highest BCUT2D eigenvalue weighted by atomic mass is 32.2. The third-order valence-electron chi connectivity index (χ3n) is 5.26. The lowest BCUT2D eigenvalue weighted by Crippen LogP contribution is -2.38. The summed E-state index contributed by atoms with van der Waals surface area (Å²) < 4.78 is 27.7. The van der Waals surface area contributed by atoms with Crippen LogP contribution in [-0.4, -0.2) is 38.4 Å². The summed E-state index contributed by atoms with van der Waals surface area (Å²) in [5.74, 6) is 0.0155. The lowest BCUT2D eigenvalue weighted by molar-refractivity contribution is -0.131. The van der Waals surface area contributed by atoms with E-state index in [1.165, 1.54) is 5.56 Å². The topological polar surface area (TPSA) is 66.5 Å². The Morgan fingerprint density at radius 1 is 1.14 bits per heavy atom. The fraction of sp³-hybridized carbons (Fsp3) is 0.409. The lowest BCUT2D eigenvalue weighted by Gasteiger charge is -2.25. The maximum absolute atomic E-state index is 12.7. The zero-order valence-electron chi connectivity index (χ0n) is 16.5. The highest BCUT2D eigenvalue weighted by Crippen LogP contribution is 2.22. The zero-order chi connectivity index (χ0) is 20.1. The van der Waals surface area contributed by atoms with E-state index < -0.39 is 10.0 Å². The maximum Gasteiger partial charge on any atom is 0.240 e. The van der Waals surface area contributed by atoms with Crippen LogP contribution in [-0.2, 0) is 21.2 Å². The van der Waals surface area contributed by atoms with Crippen LogP contribution < -0.4 is 4.72 Å². The van der Waals surface area contributed by atoms with Gasteiger partial charge in [0.15, 0.2) is 0 Å². The van der Waals surface area contributed by atoms with Crippen LogP contribution in [0.3, 0.4) is 0 Å². The largest absolute Gasteiger partial charge is 0.339 e. The number of aryl methyl sites for hydroxylation is 2. The predicted octanol–water partition coefficient (Wildman–Crippen LogP) is 3.21. The van der Waals surface area contributed by atoms with Crippen molar-refractivity contribution >= 4 is 15.9 Å². The van der Waals surface area contributed by atoms with Gasteiger partial charge in [-0.1, -0.05) is 48.0 Å². The molecule has 1 fully saturated rings. The average Bonchev–Trinajstić information content (AvgIpc) is 3.10. The van der Waals surface area contributed by atoms with Gasteiger partial charge in [0.1, 0.15) is 0 Å². The van der Waals surface area contributed by atoms with Crippen LogP contribution in [0.25, 0.3) is 0 Å². The molecule has 0 aromatic heterocycles. The average molecular weight is 401 g/mol. The molecule has 1 aliphatic rings. The predicted molar refractivity (Wildman–Crippen MR) is 111 cm³/mol. The second kappa shape index (κ2) is 8.88. The quantitative estimate of drug-likeness (QED) is 0.776. The van der Waals surface area contributed by atoms with Crippen molar-refractivity contribution in [3.05, 3.63) is 65.2 Å². The number of carbonyl (C=O) groups is 1. The third kappa shape index (κ3) is 5.00. The number of rotatable bonds is 7. The summed E-state index contributed by atoms with van der Waals surface area (Å²) >= 11 is 0. The second-order valence-electron chi connectivity index (χ2n) is 7.49. The smallest absolute Gasteiger partial charge is 0.240 e. The Bertz CT molecular complexity index is 926. The summed E-state index contributed by atoms with van der Waals surface area (Å²) in [5.41, 5.74) is 2.95. The molecule has 6 heteroatoms. The monoisotopic (exact) mass is 400 g/mol.